The van der Waals surface area contributed by atoms with Crippen molar-refractivity contribution in [3.63, 3.8) is 0 Å². The van der Waals surface area contributed by atoms with Crippen LogP contribution in [0.2, 0.25) is 0 Å². The van der Waals surface area contributed by atoms with Crippen LogP contribution in [-0.2, 0) is 17.4 Å². The molecular weight excluding hydrogens is 509 g/mol. The van der Waals surface area contributed by atoms with Gasteiger partial charge in [0, 0.05) is 37.2 Å². The molecule has 1 amide bonds. The lowest BCUT2D eigenvalue weighted by molar-refractivity contribution is -0.137. The van der Waals surface area contributed by atoms with Crippen LogP contribution >= 0.6 is 23.6 Å². The van der Waals surface area contributed by atoms with Crippen molar-refractivity contribution in [2.75, 3.05) is 31.1 Å². The zero-order valence-electron chi connectivity index (χ0n) is 18.9. The number of carbonyl (C=O) groups excluding carboxylic acids is 1. The monoisotopic (exact) mass is 530 g/mol. The molecule has 3 heterocycles. The molecule has 1 unspecified atom stereocenters. The highest BCUT2D eigenvalue weighted by atomic mass is 32.1. The number of carbonyl (C=O) groups is 1. The first-order valence-electron chi connectivity index (χ1n) is 11.2. The summed E-state index contributed by atoms with van der Waals surface area (Å²) >= 11 is 6.54. The highest BCUT2D eigenvalue weighted by Crippen LogP contribution is 2.32. The smallest absolute Gasteiger partial charge is 0.368 e. The summed E-state index contributed by atoms with van der Waals surface area (Å²) in [4.78, 5) is 29.9. The van der Waals surface area contributed by atoms with Gasteiger partial charge in [0.15, 0.2) is 5.11 Å². The summed E-state index contributed by atoms with van der Waals surface area (Å²) in [7, 11) is 0. The largest absolute Gasteiger partial charge is 0.416 e. The molecule has 12 heteroatoms. The molecule has 1 saturated heterocycles. The fourth-order valence-electron chi connectivity index (χ4n) is 4.19. The lowest BCUT2D eigenvalue weighted by Crippen LogP contribution is -2.49. The third-order valence-corrected chi connectivity index (χ3v) is 7.00. The summed E-state index contributed by atoms with van der Waals surface area (Å²) in [5.74, 6) is 0.447. The average Bonchev–Trinajstić information content (AvgIpc) is 3.30. The van der Waals surface area contributed by atoms with E-state index in [1.165, 1.54) is 17.4 Å². The maximum atomic E-state index is 13.0. The number of halogens is 3. The number of thiazole rings is 1. The highest BCUT2D eigenvalue weighted by Gasteiger charge is 2.31. The van der Waals surface area contributed by atoms with E-state index in [-0.39, 0.29) is 18.2 Å². The third-order valence-electron chi connectivity index (χ3n) is 6.02. The Morgan fingerprint density at radius 3 is 2.81 bits per heavy atom. The number of aliphatic imine (C=N–C) groups is 2. The number of hydrogen-bond donors (Lipinski definition) is 1. The fraction of sp³-hybridized carbons (Fsp3) is 0.292. The summed E-state index contributed by atoms with van der Waals surface area (Å²) in [6.45, 7) is 1.78. The summed E-state index contributed by atoms with van der Waals surface area (Å²) in [6, 6.07) is 5.28. The molecule has 1 aliphatic carbocycles. The van der Waals surface area contributed by atoms with Crippen LogP contribution in [-0.4, -0.2) is 58.6 Å². The maximum Gasteiger partial charge on any atom is 0.416 e. The topological polar surface area (TPSA) is 73.2 Å². The van der Waals surface area contributed by atoms with Gasteiger partial charge in [-0.25, -0.2) is 15.0 Å². The molecule has 0 bridgehead atoms. The SMILES string of the molecule is O=C(Cc1csc(/N=C2\NC(=S)N=C3C=CC=CC32)n1)N1CCN(c2cccc(C(F)(F)F)c2)CC1. The van der Waals surface area contributed by atoms with Gasteiger partial charge >= 0.3 is 6.18 Å². The molecule has 3 aliphatic rings. The van der Waals surface area contributed by atoms with Gasteiger partial charge in [-0.3, -0.25) is 4.79 Å². The van der Waals surface area contributed by atoms with E-state index in [9.17, 15) is 18.0 Å². The van der Waals surface area contributed by atoms with Crippen molar-refractivity contribution < 1.29 is 18.0 Å². The summed E-state index contributed by atoms with van der Waals surface area (Å²) in [5, 5.41) is 5.70. The van der Waals surface area contributed by atoms with Gasteiger partial charge in [0.1, 0.15) is 5.84 Å². The number of nitrogens with one attached hydrogen (secondary N) is 1. The van der Waals surface area contributed by atoms with Crippen molar-refractivity contribution in [2.24, 2.45) is 15.9 Å². The van der Waals surface area contributed by atoms with Gasteiger partial charge in [-0.05, 0) is 36.5 Å². The molecule has 5 rings (SSSR count). The number of allylic oxidation sites excluding steroid dienone is 3. The predicted molar refractivity (Wildman–Crippen MR) is 138 cm³/mol. The van der Waals surface area contributed by atoms with Crippen molar-refractivity contribution in [3.8, 4) is 0 Å². The Morgan fingerprint density at radius 1 is 1.22 bits per heavy atom. The molecule has 1 N–H and O–H groups in total. The van der Waals surface area contributed by atoms with E-state index in [1.807, 2.05) is 34.6 Å². The third kappa shape index (κ3) is 5.39. The Kier molecular flexibility index (Phi) is 6.71. The molecule has 1 aromatic heterocycles. The first kappa shape index (κ1) is 24.3. The first-order chi connectivity index (χ1) is 17.3. The predicted octanol–water partition coefficient (Wildman–Crippen LogP) is 4.15. The molecular formula is C24H21F3N6OS2. The van der Waals surface area contributed by atoms with Crippen LogP contribution in [0.4, 0.5) is 24.0 Å². The molecule has 1 atom stereocenters. The molecule has 2 aromatic rings. The number of piperazine rings is 1. The van der Waals surface area contributed by atoms with E-state index in [0.717, 1.165) is 17.8 Å². The number of amidine groups is 1. The molecule has 186 valence electrons. The van der Waals surface area contributed by atoms with Crippen LogP contribution in [0.1, 0.15) is 11.3 Å². The van der Waals surface area contributed by atoms with Crippen molar-refractivity contribution in [2.45, 2.75) is 12.6 Å². The van der Waals surface area contributed by atoms with Crippen LogP contribution < -0.4 is 10.2 Å². The number of benzene rings is 1. The molecule has 0 spiro atoms. The number of amides is 1. The summed E-state index contributed by atoms with van der Waals surface area (Å²) in [5.41, 5.74) is 1.27. The molecule has 0 radical (unpaired) electrons. The van der Waals surface area contributed by atoms with Gasteiger partial charge in [-0.2, -0.15) is 13.2 Å². The normalized spacial score (nSPS) is 20.9. The van der Waals surface area contributed by atoms with Crippen molar-refractivity contribution in [3.05, 3.63) is 65.2 Å². The van der Waals surface area contributed by atoms with E-state index in [2.05, 4.69) is 20.3 Å². The minimum Gasteiger partial charge on any atom is -0.368 e. The molecule has 1 aromatic carbocycles. The average molecular weight is 531 g/mol. The second kappa shape index (κ2) is 9.94. The lowest BCUT2D eigenvalue weighted by atomic mass is 9.96. The number of thiocarbonyl (C=S) groups is 1. The van der Waals surface area contributed by atoms with Gasteiger partial charge in [0.25, 0.3) is 0 Å². The molecule has 1 fully saturated rings. The Hall–Kier alpha value is -3.38. The number of rotatable bonds is 4. The van der Waals surface area contributed by atoms with E-state index in [4.69, 9.17) is 12.2 Å². The van der Waals surface area contributed by atoms with Crippen LogP contribution in [0.3, 0.4) is 0 Å². The molecule has 0 saturated carbocycles. The Labute approximate surface area is 214 Å². The summed E-state index contributed by atoms with van der Waals surface area (Å²) < 4.78 is 39.1. The van der Waals surface area contributed by atoms with Gasteiger partial charge in [-0.1, -0.05) is 24.3 Å². The van der Waals surface area contributed by atoms with Crippen molar-refractivity contribution in [1.82, 2.24) is 15.2 Å². The number of aromatic nitrogens is 1. The second-order valence-electron chi connectivity index (χ2n) is 8.40. The lowest BCUT2D eigenvalue weighted by Gasteiger charge is -2.36. The van der Waals surface area contributed by atoms with Crippen LogP contribution in [0.15, 0.2) is 63.9 Å². The number of alkyl halides is 3. The van der Waals surface area contributed by atoms with Crippen LogP contribution in [0.25, 0.3) is 0 Å². The van der Waals surface area contributed by atoms with Gasteiger partial charge in [0.05, 0.1) is 29.3 Å². The van der Waals surface area contributed by atoms with Crippen molar-refractivity contribution >= 4 is 56.9 Å². The minimum atomic E-state index is -4.38. The van der Waals surface area contributed by atoms with Crippen molar-refractivity contribution in [1.29, 1.82) is 0 Å². The highest BCUT2D eigenvalue weighted by molar-refractivity contribution is 7.80. The van der Waals surface area contributed by atoms with Gasteiger partial charge in [-0.15, -0.1) is 11.3 Å². The summed E-state index contributed by atoms with van der Waals surface area (Å²) in [6.07, 6.45) is 3.44. The Balaban J connectivity index is 1.19. The zero-order chi connectivity index (χ0) is 25.3. The van der Waals surface area contributed by atoms with Crippen LogP contribution in [0, 0.1) is 5.92 Å². The molecule has 2 aliphatic heterocycles. The number of hydrogen-bond acceptors (Lipinski definition) is 6. The maximum absolute atomic E-state index is 13.0. The first-order valence-corrected chi connectivity index (χ1v) is 12.5. The Bertz CT molecular complexity index is 1300. The quantitative estimate of drug-likeness (QED) is 0.602. The zero-order valence-corrected chi connectivity index (χ0v) is 20.5. The Morgan fingerprint density at radius 2 is 2.03 bits per heavy atom. The van der Waals surface area contributed by atoms with E-state index in [1.54, 1.807) is 11.0 Å². The fourth-order valence-corrected chi connectivity index (χ4v) is 5.10. The van der Waals surface area contributed by atoms with E-state index >= 15 is 0 Å². The molecule has 36 heavy (non-hydrogen) atoms. The molecule has 7 nitrogen and oxygen atoms in total. The number of fused-ring (bicyclic) bond motifs is 1. The van der Waals surface area contributed by atoms with E-state index < -0.39 is 11.7 Å². The van der Waals surface area contributed by atoms with E-state index in [0.29, 0.717) is 53.6 Å². The van der Waals surface area contributed by atoms with Crippen LogP contribution in [0.5, 0.6) is 0 Å². The van der Waals surface area contributed by atoms with Gasteiger partial charge < -0.3 is 15.1 Å². The number of anilines is 1. The minimum absolute atomic E-state index is 0.0741. The number of nitrogens with zero attached hydrogens (tertiary/aromatic N) is 5. The standard InChI is InChI=1S/C24H21F3N6OS2/c25-24(26,27)15-4-3-5-17(12-15)32-8-10-33(11-9-32)20(34)13-16-14-36-23(28-16)31-21-18-6-1-2-7-19(18)29-22(35)30-21/h1-7,12,14,18H,8-11,13H2,(H,28,30,31,35). The van der Waals surface area contributed by atoms with Gasteiger partial charge in [0.2, 0.25) is 11.0 Å². The second-order valence-corrected chi connectivity index (χ2v) is 9.62.